The van der Waals surface area contributed by atoms with Crippen molar-refractivity contribution in [3.05, 3.63) is 47.7 Å². The lowest BCUT2D eigenvalue weighted by molar-refractivity contribution is -0.116. The highest BCUT2D eigenvalue weighted by Crippen LogP contribution is 2.22. The highest BCUT2D eigenvalue weighted by Gasteiger charge is 2.02. The zero-order valence-electron chi connectivity index (χ0n) is 10.8. The van der Waals surface area contributed by atoms with Gasteiger partial charge in [-0.1, -0.05) is 31.2 Å². The first-order chi connectivity index (χ1) is 9.24. The molecule has 0 bridgehead atoms. The summed E-state index contributed by atoms with van der Waals surface area (Å²) in [4.78, 5) is 8.81. The van der Waals surface area contributed by atoms with Crippen LogP contribution in [0.1, 0.15) is 18.2 Å². The van der Waals surface area contributed by atoms with Gasteiger partial charge < -0.3 is 10.2 Å². The van der Waals surface area contributed by atoms with E-state index in [9.17, 15) is 0 Å². The molecule has 0 aliphatic rings. The zero-order valence-corrected chi connectivity index (χ0v) is 10.8. The normalized spacial score (nSPS) is 9.42. The lowest BCUT2D eigenvalue weighted by Crippen LogP contribution is -1.99. The summed E-state index contributed by atoms with van der Waals surface area (Å²) in [5.74, 6) is 1.95. The Morgan fingerprint density at radius 3 is 2.32 bits per heavy atom. The molecule has 1 heterocycles. The van der Waals surface area contributed by atoms with Crippen molar-refractivity contribution in [2.45, 2.75) is 19.9 Å². The Labute approximate surface area is 112 Å². The standard InChI is InChI=1S/C13H15NO.CH3NO2/c1-2-12-7-8-13(15-12)11-5-3-10(9-14)4-6-11;3-1-2-4/h3-8H,2,9,14H2,1H3;1,4H,(H,2,3). The van der Waals surface area contributed by atoms with E-state index in [0.717, 1.165) is 29.1 Å². The van der Waals surface area contributed by atoms with E-state index in [2.05, 4.69) is 6.92 Å². The van der Waals surface area contributed by atoms with Crippen LogP contribution in [0.2, 0.25) is 0 Å². The van der Waals surface area contributed by atoms with E-state index in [1.54, 1.807) is 0 Å². The number of amides is 1. The first-order valence-corrected chi connectivity index (χ1v) is 5.96. The smallest absolute Gasteiger partial charge is 0.230 e. The van der Waals surface area contributed by atoms with Gasteiger partial charge in [0.05, 0.1) is 0 Å². The molecule has 1 aromatic carbocycles. The number of benzene rings is 1. The summed E-state index contributed by atoms with van der Waals surface area (Å²) < 4.78 is 5.66. The van der Waals surface area contributed by atoms with E-state index in [4.69, 9.17) is 20.2 Å². The average molecular weight is 262 g/mol. The third-order valence-electron chi connectivity index (χ3n) is 2.54. The number of carbonyl (C=O) groups is 1. The second-order valence-corrected chi connectivity index (χ2v) is 3.77. The van der Waals surface area contributed by atoms with Gasteiger partial charge in [0.15, 0.2) is 0 Å². The molecule has 4 N–H and O–H groups in total. The minimum atomic E-state index is 0.181. The summed E-state index contributed by atoms with van der Waals surface area (Å²) in [6.07, 6.45) is 1.11. The molecule has 1 amide bonds. The first kappa shape index (κ1) is 14.9. The topological polar surface area (TPSA) is 88.5 Å². The van der Waals surface area contributed by atoms with Crippen LogP contribution in [0.25, 0.3) is 11.3 Å². The highest BCUT2D eigenvalue weighted by molar-refractivity contribution is 5.57. The molecule has 0 aliphatic carbocycles. The minimum Gasteiger partial charge on any atom is -0.461 e. The van der Waals surface area contributed by atoms with E-state index in [0.29, 0.717) is 6.54 Å². The van der Waals surface area contributed by atoms with Crippen LogP contribution in [-0.2, 0) is 17.8 Å². The molecule has 0 aliphatic heterocycles. The molecule has 2 aromatic rings. The van der Waals surface area contributed by atoms with Gasteiger partial charge in [-0.05, 0) is 17.7 Å². The van der Waals surface area contributed by atoms with Crippen LogP contribution in [0.3, 0.4) is 0 Å². The van der Waals surface area contributed by atoms with Crippen molar-refractivity contribution >= 4 is 6.41 Å². The molecule has 102 valence electrons. The largest absolute Gasteiger partial charge is 0.461 e. The number of hydrogen-bond donors (Lipinski definition) is 3. The van der Waals surface area contributed by atoms with Crippen molar-refractivity contribution in [1.82, 2.24) is 5.48 Å². The van der Waals surface area contributed by atoms with Gasteiger partial charge in [0.25, 0.3) is 0 Å². The van der Waals surface area contributed by atoms with Crippen molar-refractivity contribution < 1.29 is 14.4 Å². The van der Waals surface area contributed by atoms with Crippen LogP contribution < -0.4 is 11.2 Å². The van der Waals surface area contributed by atoms with E-state index in [-0.39, 0.29) is 6.41 Å². The van der Waals surface area contributed by atoms with Crippen molar-refractivity contribution in [1.29, 1.82) is 0 Å². The van der Waals surface area contributed by atoms with E-state index >= 15 is 0 Å². The number of hydroxylamine groups is 1. The molecule has 0 saturated heterocycles. The molecular weight excluding hydrogens is 244 g/mol. The molecule has 2 rings (SSSR count). The Balaban J connectivity index is 0.000000399. The SMILES string of the molecule is CCc1ccc(-c2ccc(CN)cc2)o1.O=CNO. The van der Waals surface area contributed by atoms with Gasteiger partial charge in [0, 0.05) is 18.5 Å². The maximum Gasteiger partial charge on any atom is 0.230 e. The number of nitrogens with one attached hydrogen (secondary N) is 1. The van der Waals surface area contributed by atoms with Crippen LogP contribution >= 0.6 is 0 Å². The molecule has 0 atom stereocenters. The summed E-state index contributed by atoms with van der Waals surface area (Å²) in [5, 5.41) is 7.26. The zero-order chi connectivity index (χ0) is 14.1. The fourth-order valence-electron chi connectivity index (χ4n) is 1.53. The fraction of sp³-hybridized carbons (Fsp3) is 0.214. The fourth-order valence-corrected chi connectivity index (χ4v) is 1.53. The molecular formula is C14H18N2O3. The van der Waals surface area contributed by atoms with Crippen LogP contribution in [0.5, 0.6) is 0 Å². The second-order valence-electron chi connectivity index (χ2n) is 3.77. The van der Waals surface area contributed by atoms with Gasteiger partial charge in [0.1, 0.15) is 11.5 Å². The van der Waals surface area contributed by atoms with Crippen LogP contribution in [0, 0.1) is 0 Å². The Hall–Kier alpha value is -2.11. The summed E-state index contributed by atoms with van der Waals surface area (Å²) in [7, 11) is 0. The molecule has 0 fully saturated rings. The molecule has 0 unspecified atom stereocenters. The molecule has 0 saturated carbocycles. The van der Waals surface area contributed by atoms with Gasteiger partial charge in [-0.25, -0.2) is 5.48 Å². The van der Waals surface area contributed by atoms with Gasteiger partial charge in [0.2, 0.25) is 6.41 Å². The van der Waals surface area contributed by atoms with Gasteiger partial charge in [-0.2, -0.15) is 0 Å². The van der Waals surface area contributed by atoms with Gasteiger partial charge >= 0.3 is 0 Å². The minimum absolute atomic E-state index is 0.181. The summed E-state index contributed by atoms with van der Waals surface area (Å²) in [6, 6.07) is 12.2. The van der Waals surface area contributed by atoms with Crippen molar-refractivity contribution in [3.8, 4) is 11.3 Å². The highest BCUT2D eigenvalue weighted by atomic mass is 16.5. The molecule has 5 nitrogen and oxygen atoms in total. The number of carbonyl (C=O) groups excluding carboxylic acids is 1. The monoisotopic (exact) mass is 262 g/mol. The summed E-state index contributed by atoms with van der Waals surface area (Å²) >= 11 is 0. The van der Waals surface area contributed by atoms with E-state index in [1.807, 2.05) is 36.4 Å². The number of hydrogen-bond acceptors (Lipinski definition) is 4. The number of aryl methyl sites for hydroxylation is 1. The third-order valence-corrected chi connectivity index (χ3v) is 2.54. The molecule has 1 aromatic heterocycles. The Bertz CT molecular complexity index is 492. The average Bonchev–Trinajstić information content (AvgIpc) is 2.96. The number of furan rings is 1. The quantitative estimate of drug-likeness (QED) is 0.447. The maximum absolute atomic E-state index is 8.81. The van der Waals surface area contributed by atoms with E-state index in [1.165, 1.54) is 5.48 Å². The van der Waals surface area contributed by atoms with Crippen LogP contribution in [0.15, 0.2) is 40.8 Å². The Kier molecular flexibility index (Phi) is 6.35. The Morgan fingerprint density at radius 2 is 1.89 bits per heavy atom. The predicted molar refractivity (Wildman–Crippen MR) is 72.4 cm³/mol. The molecule has 5 heteroatoms. The van der Waals surface area contributed by atoms with Crippen LogP contribution in [0.4, 0.5) is 0 Å². The Morgan fingerprint density at radius 1 is 1.26 bits per heavy atom. The predicted octanol–water partition coefficient (Wildman–Crippen LogP) is 2.09. The van der Waals surface area contributed by atoms with Gasteiger partial charge in [-0.3, -0.25) is 10.0 Å². The first-order valence-electron chi connectivity index (χ1n) is 5.96. The summed E-state index contributed by atoms with van der Waals surface area (Å²) in [6.45, 7) is 2.67. The number of rotatable bonds is 4. The summed E-state index contributed by atoms with van der Waals surface area (Å²) in [5.41, 5.74) is 9.03. The maximum atomic E-state index is 8.81. The molecule has 0 spiro atoms. The lowest BCUT2D eigenvalue weighted by atomic mass is 10.1. The second kappa shape index (κ2) is 8.07. The van der Waals surface area contributed by atoms with E-state index < -0.39 is 0 Å². The van der Waals surface area contributed by atoms with Gasteiger partial charge in [-0.15, -0.1) is 0 Å². The third kappa shape index (κ3) is 4.57. The van der Waals surface area contributed by atoms with Crippen molar-refractivity contribution in [3.63, 3.8) is 0 Å². The van der Waals surface area contributed by atoms with Crippen molar-refractivity contribution in [2.24, 2.45) is 5.73 Å². The lowest BCUT2D eigenvalue weighted by Gasteiger charge is -1.99. The number of nitrogens with two attached hydrogens (primary N) is 1. The molecule has 0 radical (unpaired) electrons. The molecule has 19 heavy (non-hydrogen) atoms. The van der Waals surface area contributed by atoms with Crippen LogP contribution in [-0.4, -0.2) is 11.6 Å². The van der Waals surface area contributed by atoms with Crippen molar-refractivity contribution in [2.75, 3.05) is 0 Å².